The summed E-state index contributed by atoms with van der Waals surface area (Å²) in [6.07, 6.45) is 5.07. The molecule has 1 aliphatic carbocycles. The predicted octanol–water partition coefficient (Wildman–Crippen LogP) is 2.66. The Kier molecular flexibility index (Phi) is 6.08. The Balaban J connectivity index is 1.46. The molecule has 3 rings (SSSR count). The van der Waals surface area contributed by atoms with E-state index < -0.39 is 11.9 Å². The van der Waals surface area contributed by atoms with Crippen LogP contribution >= 0.6 is 0 Å². The number of carboxylic acids is 1. The topological polar surface area (TPSA) is 69.6 Å². The molecule has 1 amide bonds. The number of hydrogen-bond acceptors (Lipinski definition) is 3. The lowest BCUT2D eigenvalue weighted by Gasteiger charge is -2.34. The first-order valence-electron chi connectivity index (χ1n) is 9.43. The van der Waals surface area contributed by atoms with Crippen LogP contribution in [0.25, 0.3) is 0 Å². The number of nitrogens with zero attached hydrogens (tertiary/aromatic N) is 1. The number of hydrogen-bond donors (Lipinski definition) is 2. The Morgan fingerprint density at radius 2 is 1.64 bits per heavy atom. The average Bonchev–Trinajstić information content (AvgIpc) is 2.64. The number of carbonyl (C=O) groups is 2. The molecule has 1 saturated carbocycles. The van der Waals surface area contributed by atoms with Crippen molar-refractivity contribution >= 4 is 11.9 Å². The maximum Gasteiger partial charge on any atom is 0.307 e. The van der Waals surface area contributed by atoms with Crippen molar-refractivity contribution in [2.45, 2.75) is 51.1 Å². The summed E-state index contributed by atoms with van der Waals surface area (Å²) in [7, 11) is 0. The number of carbonyl (C=O) groups excluding carboxylic acids is 1. The standard InChI is InChI=1S/C20H28N2O3/c23-19(17-8-4-5-9-18(17)20(24)25)21-16-10-12-22(13-11-16)14-15-6-2-1-3-7-15/h1-3,6-7,16-18H,4-5,8-14H2,(H,21,23)(H,24,25)/t17-,18+/m0/s1. The molecule has 1 saturated heterocycles. The summed E-state index contributed by atoms with van der Waals surface area (Å²) in [5.74, 6) is -1.73. The lowest BCUT2D eigenvalue weighted by Crippen LogP contribution is -2.48. The Labute approximate surface area is 149 Å². The van der Waals surface area contributed by atoms with Gasteiger partial charge >= 0.3 is 5.97 Å². The van der Waals surface area contributed by atoms with Gasteiger partial charge in [-0.1, -0.05) is 43.2 Å². The molecular formula is C20H28N2O3. The van der Waals surface area contributed by atoms with Gasteiger partial charge in [0.15, 0.2) is 0 Å². The first-order chi connectivity index (χ1) is 12.1. The van der Waals surface area contributed by atoms with E-state index in [9.17, 15) is 14.7 Å². The van der Waals surface area contributed by atoms with Crippen molar-refractivity contribution in [3.63, 3.8) is 0 Å². The minimum Gasteiger partial charge on any atom is -0.481 e. The highest BCUT2D eigenvalue weighted by Gasteiger charge is 2.36. The molecule has 5 heteroatoms. The highest BCUT2D eigenvalue weighted by Crippen LogP contribution is 2.30. The van der Waals surface area contributed by atoms with Gasteiger partial charge in [-0.15, -0.1) is 0 Å². The fourth-order valence-electron chi connectivity index (χ4n) is 4.13. The maximum atomic E-state index is 12.6. The molecule has 5 nitrogen and oxygen atoms in total. The first kappa shape index (κ1) is 17.9. The van der Waals surface area contributed by atoms with Crippen LogP contribution in [0, 0.1) is 11.8 Å². The molecule has 0 unspecified atom stereocenters. The van der Waals surface area contributed by atoms with E-state index in [0.717, 1.165) is 45.3 Å². The van der Waals surface area contributed by atoms with Crippen LogP contribution in [0.2, 0.25) is 0 Å². The maximum absolute atomic E-state index is 12.6. The molecule has 1 aliphatic heterocycles. The van der Waals surface area contributed by atoms with Crippen LogP contribution in [-0.4, -0.2) is 41.0 Å². The zero-order valence-corrected chi connectivity index (χ0v) is 14.7. The van der Waals surface area contributed by atoms with E-state index in [-0.39, 0.29) is 17.9 Å². The van der Waals surface area contributed by atoms with Gasteiger partial charge in [-0.05, 0) is 31.2 Å². The summed E-state index contributed by atoms with van der Waals surface area (Å²) < 4.78 is 0. The third-order valence-electron chi connectivity index (χ3n) is 5.60. The highest BCUT2D eigenvalue weighted by molar-refractivity contribution is 5.85. The second-order valence-corrected chi connectivity index (χ2v) is 7.38. The van der Waals surface area contributed by atoms with Gasteiger partial charge in [0.2, 0.25) is 5.91 Å². The Hall–Kier alpha value is -1.88. The molecule has 2 fully saturated rings. The summed E-state index contributed by atoms with van der Waals surface area (Å²) in [4.78, 5) is 26.4. The van der Waals surface area contributed by atoms with Crippen molar-refractivity contribution in [1.82, 2.24) is 10.2 Å². The predicted molar refractivity (Wildman–Crippen MR) is 96.0 cm³/mol. The fourth-order valence-corrected chi connectivity index (χ4v) is 4.13. The molecular weight excluding hydrogens is 316 g/mol. The summed E-state index contributed by atoms with van der Waals surface area (Å²) in [6.45, 7) is 2.88. The van der Waals surface area contributed by atoms with E-state index in [1.54, 1.807) is 0 Å². The Morgan fingerprint density at radius 1 is 1.00 bits per heavy atom. The molecule has 0 aromatic heterocycles. The Morgan fingerprint density at radius 3 is 2.28 bits per heavy atom. The number of nitrogens with one attached hydrogen (secondary N) is 1. The van der Waals surface area contributed by atoms with Crippen LogP contribution in [0.5, 0.6) is 0 Å². The van der Waals surface area contributed by atoms with Gasteiger partial charge in [-0.3, -0.25) is 14.5 Å². The van der Waals surface area contributed by atoms with Gasteiger partial charge in [0.05, 0.1) is 11.8 Å². The second-order valence-electron chi connectivity index (χ2n) is 7.38. The summed E-state index contributed by atoms with van der Waals surface area (Å²) in [6, 6.07) is 10.6. The largest absolute Gasteiger partial charge is 0.481 e. The number of carboxylic acid groups (broad SMARTS) is 1. The van der Waals surface area contributed by atoms with E-state index in [4.69, 9.17) is 0 Å². The van der Waals surface area contributed by atoms with E-state index in [2.05, 4.69) is 34.5 Å². The van der Waals surface area contributed by atoms with Gasteiger partial charge in [0.25, 0.3) is 0 Å². The number of amides is 1. The lowest BCUT2D eigenvalue weighted by atomic mass is 9.78. The SMILES string of the molecule is O=C(NC1CCN(Cc2ccccc2)CC1)[C@H]1CCCC[C@H]1C(=O)O. The van der Waals surface area contributed by atoms with Crippen LogP contribution in [0.3, 0.4) is 0 Å². The van der Waals surface area contributed by atoms with Gasteiger partial charge in [-0.25, -0.2) is 0 Å². The van der Waals surface area contributed by atoms with Gasteiger partial charge in [0, 0.05) is 25.7 Å². The number of rotatable bonds is 5. The van der Waals surface area contributed by atoms with Crippen LogP contribution in [0.4, 0.5) is 0 Å². The lowest BCUT2D eigenvalue weighted by molar-refractivity contribution is -0.149. The first-order valence-corrected chi connectivity index (χ1v) is 9.43. The van der Waals surface area contributed by atoms with E-state index in [1.165, 1.54) is 5.56 Å². The molecule has 1 heterocycles. The monoisotopic (exact) mass is 344 g/mol. The molecule has 1 aromatic rings. The molecule has 0 radical (unpaired) electrons. The van der Waals surface area contributed by atoms with Crippen molar-refractivity contribution in [3.8, 4) is 0 Å². The van der Waals surface area contributed by atoms with Gasteiger partial charge in [-0.2, -0.15) is 0 Å². The van der Waals surface area contributed by atoms with Gasteiger partial charge < -0.3 is 10.4 Å². The number of benzene rings is 1. The van der Waals surface area contributed by atoms with Crippen LogP contribution < -0.4 is 5.32 Å². The van der Waals surface area contributed by atoms with Crippen LogP contribution in [0.15, 0.2) is 30.3 Å². The Bertz CT molecular complexity index is 582. The average molecular weight is 344 g/mol. The van der Waals surface area contributed by atoms with Crippen molar-refractivity contribution in [1.29, 1.82) is 0 Å². The van der Waals surface area contributed by atoms with Crippen LogP contribution in [-0.2, 0) is 16.1 Å². The third-order valence-corrected chi connectivity index (χ3v) is 5.60. The second kappa shape index (κ2) is 8.48. The van der Waals surface area contributed by atoms with Crippen molar-refractivity contribution < 1.29 is 14.7 Å². The summed E-state index contributed by atoms with van der Waals surface area (Å²) in [5, 5.41) is 12.5. The number of aliphatic carboxylic acids is 1. The van der Waals surface area contributed by atoms with E-state index in [1.807, 2.05) is 6.07 Å². The van der Waals surface area contributed by atoms with Crippen LogP contribution in [0.1, 0.15) is 44.1 Å². The van der Waals surface area contributed by atoms with Gasteiger partial charge in [0.1, 0.15) is 0 Å². The quantitative estimate of drug-likeness (QED) is 0.862. The molecule has 2 aliphatic rings. The molecule has 25 heavy (non-hydrogen) atoms. The third kappa shape index (κ3) is 4.82. The van der Waals surface area contributed by atoms with E-state index in [0.29, 0.717) is 12.8 Å². The molecule has 2 atom stereocenters. The van der Waals surface area contributed by atoms with Crippen molar-refractivity contribution in [2.24, 2.45) is 11.8 Å². The minimum atomic E-state index is -0.822. The fraction of sp³-hybridized carbons (Fsp3) is 0.600. The smallest absolute Gasteiger partial charge is 0.307 e. The molecule has 1 aromatic carbocycles. The van der Waals surface area contributed by atoms with Crippen molar-refractivity contribution in [3.05, 3.63) is 35.9 Å². The summed E-state index contributed by atoms with van der Waals surface area (Å²) in [5.41, 5.74) is 1.32. The normalized spacial score (nSPS) is 25.4. The minimum absolute atomic E-state index is 0.0476. The number of piperidine rings is 1. The number of likely N-dealkylation sites (tertiary alicyclic amines) is 1. The zero-order valence-electron chi connectivity index (χ0n) is 14.7. The molecule has 0 bridgehead atoms. The molecule has 0 spiro atoms. The molecule has 136 valence electrons. The van der Waals surface area contributed by atoms with E-state index >= 15 is 0 Å². The summed E-state index contributed by atoms with van der Waals surface area (Å²) >= 11 is 0. The highest BCUT2D eigenvalue weighted by atomic mass is 16.4. The van der Waals surface area contributed by atoms with Crippen molar-refractivity contribution in [2.75, 3.05) is 13.1 Å². The zero-order chi connectivity index (χ0) is 17.6. The molecule has 2 N–H and O–H groups in total.